The van der Waals surface area contributed by atoms with Gasteiger partial charge in [-0.05, 0) is 62.4 Å². The summed E-state index contributed by atoms with van der Waals surface area (Å²) in [6.07, 6.45) is 2.53. The number of ether oxygens (including phenoxy) is 2. The number of esters is 1. The zero-order valence-electron chi connectivity index (χ0n) is 19.0. The van der Waals surface area contributed by atoms with Crippen LogP contribution in [0.5, 0.6) is 5.75 Å². The summed E-state index contributed by atoms with van der Waals surface area (Å²) in [6.45, 7) is 8.14. The van der Waals surface area contributed by atoms with Crippen molar-refractivity contribution in [2.24, 2.45) is 4.99 Å². The lowest BCUT2D eigenvalue weighted by molar-refractivity contribution is -0.143. The Morgan fingerprint density at radius 1 is 1.24 bits per heavy atom. The molecule has 3 heterocycles. The first-order valence-corrected chi connectivity index (χ1v) is 12.6. The second-order valence-corrected chi connectivity index (χ2v) is 9.96. The third-order valence-corrected chi connectivity index (χ3v) is 6.96. The van der Waals surface area contributed by atoms with Crippen molar-refractivity contribution in [1.29, 1.82) is 0 Å². The van der Waals surface area contributed by atoms with Crippen molar-refractivity contribution in [3.8, 4) is 5.75 Å². The van der Waals surface area contributed by atoms with E-state index in [0.29, 0.717) is 27.2 Å². The summed E-state index contributed by atoms with van der Waals surface area (Å²) in [7, 11) is 0. The largest absolute Gasteiger partial charge is 0.494 e. The number of hydrogen-bond acceptors (Lipinski definition) is 7. The van der Waals surface area contributed by atoms with Crippen LogP contribution in [0.1, 0.15) is 50.6 Å². The van der Waals surface area contributed by atoms with Gasteiger partial charge >= 0.3 is 5.97 Å². The van der Waals surface area contributed by atoms with Gasteiger partial charge in [-0.3, -0.25) is 9.36 Å². The summed E-state index contributed by atoms with van der Waals surface area (Å²) in [5.74, 6) is 0.360. The molecule has 1 atom stereocenters. The number of thiazole rings is 1. The maximum absolute atomic E-state index is 13.5. The van der Waals surface area contributed by atoms with Crippen LogP contribution in [0.3, 0.4) is 0 Å². The Hall–Kier alpha value is -2.97. The molecular weight excluding hydrogens is 456 g/mol. The fourth-order valence-electron chi connectivity index (χ4n) is 3.61. The topological polar surface area (TPSA) is 69.9 Å². The van der Waals surface area contributed by atoms with Crippen LogP contribution in [-0.2, 0) is 9.53 Å². The lowest BCUT2D eigenvalue weighted by Crippen LogP contribution is -2.39. The summed E-state index contributed by atoms with van der Waals surface area (Å²) >= 11 is 2.82. The molecule has 4 rings (SSSR count). The predicted octanol–water partition coefficient (Wildman–Crippen LogP) is 4.04. The lowest BCUT2D eigenvalue weighted by Gasteiger charge is -2.24. The molecule has 1 aromatic carbocycles. The van der Waals surface area contributed by atoms with Gasteiger partial charge in [0.25, 0.3) is 5.56 Å². The molecule has 0 amide bonds. The molecule has 172 valence electrons. The van der Waals surface area contributed by atoms with E-state index in [9.17, 15) is 9.59 Å². The number of thiophene rings is 1. The van der Waals surface area contributed by atoms with Gasteiger partial charge < -0.3 is 9.47 Å². The van der Waals surface area contributed by atoms with Crippen LogP contribution in [0, 0.1) is 0 Å². The van der Waals surface area contributed by atoms with E-state index in [0.717, 1.165) is 22.6 Å². The van der Waals surface area contributed by atoms with Gasteiger partial charge in [0, 0.05) is 4.88 Å². The first kappa shape index (κ1) is 23.2. The minimum Gasteiger partial charge on any atom is -0.494 e. The number of nitrogens with zero attached hydrogens (tertiary/aromatic N) is 2. The highest BCUT2D eigenvalue weighted by molar-refractivity contribution is 7.10. The molecule has 0 saturated carbocycles. The van der Waals surface area contributed by atoms with E-state index in [4.69, 9.17) is 9.47 Å². The minimum absolute atomic E-state index is 0.175. The molecule has 2 aromatic heterocycles. The molecule has 0 radical (unpaired) electrons. The van der Waals surface area contributed by atoms with Crippen LogP contribution in [0.2, 0.25) is 0 Å². The van der Waals surface area contributed by atoms with Crippen molar-refractivity contribution in [2.75, 3.05) is 6.61 Å². The van der Waals surface area contributed by atoms with Crippen molar-refractivity contribution in [2.45, 2.75) is 46.3 Å². The van der Waals surface area contributed by atoms with E-state index in [1.165, 1.54) is 22.7 Å². The normalized spacial score (nSPS) is 16.0. The Balaban J connectivity index is 1.80. The quantitative estimate of drug-likeness (QED) is 0.477. The van der Waals surface area contributed by atoms with Gasteiger partial charge in [-0.25, -0.2) is 9.79 Å². The lowest BCUT2D eigenvalue weighted by atomic mass is 10.0. The first-order valence-electron chi connectivity index (χ1n) is 10.9. The van der Waals surface area contributed by atoms with Crippen LogP contribution in [0.25, 0.3) is 6.08 Å². The smallest absolute Gasteiger partial charge is 0.338 e. The van der Waals surface area contributed by atoms with Crippen LogP contribution >= 0.6 is 22.7 Å². The van der Waals surface area contributed by atoms with Crippen LogP contribution in [0.15, 0.2) is 62.8 Å². The number of carbonyl (C=O) groups excluding carboxylic acids is 1. The molecule has 0 saturated heterocycles. The highest BCUT2D eigenvalue weighted by Gasteiger charge is 2.34. The van der Waals surface area contributed by atoms with Gasteiger partial charge in [0.15, 0.2) is 4.80 Å². The Morgan fingerprint density at radius 3 is 2.64 bits per heavy atom. The molecular formula is C25H26N2O4S2. The Kier molecular flexibility index (Phi) is 6.95. The van der Waals surface area contributed by atoms with E-state index in [1.54, 1.807) is 11.5 Å². The van der Waals surface area contributed by atoms with Gasteiger partial charge in [-0.2, -0.15) is 0 Å². The Bertz CT molecular complexity index is 1350. The molecule has 0 N–H and O–H groups in total. The molecule has 8 heteroatoms. The third kappa shape index (κ3) is 4.86. The predicted molar refractivity (Wildman–Crippen MR) is 132 cm³/mol. The second-order valence-electron chi connectivity index (χ2n) is 7.97. The van der Waals surface area contributed by atoms with Crippen LogP contribution in [-0.4, -0.2) is 23.2 Å². The average Bonchev–Trinajstić information content (AvgIpc) is 3.40. The van der Waals surface area contributed by atoms with Crippen molar-refractivity contribution >= 4 is 34.7 Å². The first-order chi connectivity index (χ1) is 15.9. The number of aromatic nitrogens is 1. The van der Waals surface area contributed by atoms with Crippen LogP contribution < -0.4 is 19.6 Å². The highest BCUT2D eigenvalue weighted by Crippen LogP contribution is 2.33. The molecule has 6 nitrogen and oxygen atoms in total. The fraction of sp³-hybridized carbons (Fsp3) is 0.320. The van der Waals surface area contributed by atoms with Gasteiger partial charge in [-0.15, -0.1) is 11.3 Å². The standard InChI is InChI=1S/C25H26N2O4S2/c1-5-12-30-18-10-8-17(9-11-18)14-20-23(28)27-22(19-7-6-13-32-19)21(24(29)31-15(2)3)16(4)26-25(27)33-20/h6-11,13-15,22H,5,12H2,1-4H3/b20-14+/t22-/m0/s1. The van der Waals surface area contributed by atoms with Gasteiger partial charge in [0.05, 0.1) is 28.5 Å². The van der Waals surface area contributed by atoms with Gasteiger partial charge in [-0.1, -0.05) is 36.5 Å². The van der Waals surface area contributed by atoms with Crippen molar-refractivity contribution in [1.82, 2.24) is 4.57 Å². The van der Waals surface area contributed by atoms with Gasteiger partial charge in [0.1, 0.15) is 11.8 Å². The summed E-state index contributed by atoms with van der Waals surface area (Å²) in [5, 5.41) is 1.94. The average molecular weight is 483 g/mol. The Morgan fingerprint density at radius 2 is 2.00 bits per heavy atom. The Labute approximate surface area is 200 Å². The molecule has 33 heavy (non-hydrogen) atoms. The molecule has 0 aliphatic carbocycles. The molecule has 0 fully saturated rings. The zero-order valence-corrected chi connectivity index (χ0v) is 20.7. The number of benzene rings is 1. The number of rotatable bonds is 7. The summed E-state index contributed by atoms with van der Waals surface area (Å²) in [5.41, 5.74) is 1.70. The number of allylic oxidation sites excluding steroid dienone is 1. The molecule has 3 aromatic rings. The molecule has 0 spiro atoms. The summed E-state index contributed by atoms with van der Waals surface area (Å²) in [4.78, 5) is 32.6. The van der Waals surface area contributed by atoms with E-state index in [2.05, 4.69) is 11.9 Å². The zero-order chi connectivity index (χ0) is 23.5. The van der Waals surface area contributed by atoms with E-state index in [1.807, 2.05) is 61.7 Å². The monoisotopic (exact) mass is 482 g/mol. The van der Waals surface area contributed by atoms with Crippen molar-refractivity contribution in [3.63, 3.8) is 0 Å². The van der Waals surface area contributed by atoms with E-state index >= 15 is 0 Å². The fourth-order valence-corrected chi connectivity index (χ4v) is 5.48. The number of carbonyl (C=O) groups is 1. The van der Waals surface area contributed by atoms with E-state index in [-0.39, 0.29) is 11.7 Å². The van der Waals surface area contributed by atoms with E-state index < -0.39 is 12.0 Å². The van der Waals surface area contributed by atoms with Crippen molar-refractivity contribution in [3.05, 3.63) is 83.2 Å². The third-order valence-electron chi connectivity index (χ3n) is 5.05. The second kappa shape index (κ2) is 9.89. The minimum atomic E-state index is -0.556. The maximum atomic E-state index is 13.5. The van der Waals surface area contributed by atoms with Crippen molar-refractivity contribution < 1.29 is 14.3 Å². The van der Waals surface area contributed by atoms with Gasteiger partial charge in [0.2, 0.25) is 0 Å². The number of hydrogen-bond donors (Lipinski definition) is 0. The highest BCUT2D eigenvalue weighted by atomic mass is 32.1. The summed E-state index contributed by atoms with van der Waals surface area (Å²) in [6, 6.07) is 10.9. The number of fused-ring (bicyclic) bond motifs is 1. The van der Waals surface area contributed by atoms with Crippen LogP contribution in [0.4, 0.5) is 0 Å². The maximum Gasteiger partial charge on any atom is 0.338 e. The summed E-state index contributed by atoms with van der Waals surface area (Å²) < 4.78 is 13.3. The molecule has 1 aliphatic heterocycles. The SMILES string of the molecule is CCCOc1ccc(/C=c2/sc3n(c2=O)[C@@H](c2cccs2)C(C(=O)OC(C)C)=C(C)N=3)cc1. The molecule has 0 bridgehead atoms. The molecule has 0 unspecified atom stereocenters. The molecule has 1 aliphatic rings.